The molecule has 4 rings (SSSR count). The molecule has 3 aliphatic heterocycles. The van der Waals surface area contributed by atoms with E-state index in [2.05, 4.69) is 5.32 Å². The highest BCUT2D eigenvalue weighted by Crippen LogP contribution is 2.37. The van der Waals surface area contributed by atoms with Gasteiger partial charge in [-0.1, -0.05) is 64.2 Å². The molecule has 460 valence electrons. The number of amides is 2. The first-order valence-electron chi connectivity index (χ1n) is 29.3. The highest BCUT2D eigenvalue weighted by atomic mass is 16.6. The molecule has 6 N–H and O–H groups in total. The number of rotatable bonds is 19. The van der Waals surface area contributed by atoms with E-state index in [0.717, 1.165) is 10.5 Å². The van der Waals surface area contributed by atoms with E-state index >= 15 is 0 Å². The van der Waals surface area contributed by atoms with Crippen LogP contribution < -0.4 is 11.1 Å². The van der Waals surface area contributed by atoms with E-state index in [1.54, 1.807) is 27.9 Å². The molecule has 15 atom stereocenters. The van der Waals surface area contributed by atoms with E-state index in [9.17, 15) is 44.1 Å². The molecule has 21 heteroatoms. The molecule has 3 heterocycles. The number of allylic oxidation sites excluding steroid dienone is 6. The number of hydrogen-bond donors (Lipinski definition) is 5. The SMILES string of the molecule is CCOCCOCCOCCOCCNC(=O)O[C@@H]1CC[C@@H](C[C@@H](N)[C@@H]2CC(=O)[C@H](C)/C=C(\C)[C@@H](O)[C@@H](O)C(=O)[C@H](C)C[C@H](C)/C=C/C=C/C=C(\C)[C@@H](OC)C[C@@H]3CC[C@@H](C)[C@@](O)(O3)C(=O)C(=O)N3CCCC[C@H]3C(=O)O2)C[C@H]1OC. The lowest BCUT2D eigenvalue weighted by atomic mass is 9.80. The minimum absolute atomic E-state index is 0.0138. The zero-order valence-corrected chi connectivity index (χ0v) is 49.6. The van der Waals surface area contributed by atoms with Gasteiger partial charge in [0, 0.05) is 70.6 Å². The van der Waals surface area contributed by atoms with Gasteiger partial charge in [0.05, 0.1) is 64.6 Å². The van der Waals surface area contributed by atoms with Crippen molar-refractivity contribution >= 4 is 35.3 Å². The first kappa shape index (κ1) is 69.2. The van der Waals surface area contributed by atoms with Crippen LogP contribution in [0.1, 0.15) is 126 Å². The van der Waals surface area contributed by atoms with E-state index in [0.29, 0.717) is 97.6 Å². The maximum absolute atomic E-state index is 14.5. The Kier molecular flexibility index (Phi) is 30.6. The molecule has 0 spiro atoms. The average Bonchev–Trinajstić information content (AvgIpc) is 3.45. The lowest BCUT2D eigenvalue weighted by Gasteiger charge is -2.42. The summed E-state index contributed by atoms with van der Waals surface area (Å²) in [7, 11) is 3.07. The summed E-state index contributed by atoms with van der Waals surface area (Å²) in [6.45, 7) is 15.9. The second-order valence-corrected chi connectivity index (χ2v) is 22.4. The highest BCUT2D eigenvalue weighted by molar-refractivity contribution is 6.39. The van der Waals surface area contributed by atoms with Gasteiger partial charge in [0.25, 0.3) is 11.7 Å². The number of methoxy groups -OCH3 is 2. The van der Waals surface area contributed by atoms with Crippen molar-refractivity contribution in [1.29, 1.82) is 0 Å². The fourth-order valence-electron chi connectivity index (χ4n) is 11.0. The van der Waals surface area contributed by atoms with Crippen LogP contribution in [0.3, 0.4) is 0 Å². The largest absolute Gasteiger partial charge is 0.459 e. The summed E-state index contributed by atoms with van der Waals surface area (Å²) < 4.78 is 51.5. The Hall–Kier alpha value is -4.26. The lowest BCUT2D eigenvalue weighted by molar-refractivity contribution is -0.265. The van der Waals surface area contributed by atoms with Gasteiger partial charge in [-0.25, -0.2) is 9.59 Å². The molecule has 3 fully saturated rings. The number of hydrogen-bond acceptors (Lipinski definition) is 19. The van der Waals surface area contributed by atoms with Gasteiger partial charge < -0.3 is 73.9 Å². The molecular formula is C60H97N3O18. The first-order chi connectivity index (χ1) is 38.6. The van der Waals surface area contributed by atoms with Crippen molar-refractivity contribution in [1.82, 2.24) is 10.2 Å². The van der Waals surface area contributed by atoms with Gasteiger partial charge in [-0.2, -0.15) is 0 Å². The number of nitrogens with one attached hydrogen (secondary N) is 1. The number of piperidine rings is 1. The quantitative estimate of drug-likeness (QED) is 0.0490. The Bertz CT molecular complexity index is 2120. The number of ether oxygens (including phenoxy) is 9. The summed E-state index contributed by atoms with van der Waals surface area (Å²) in [5.74, 6) is -9.12. The molecule has 4 aliphatic rings. The van der Waals surface area contributed by atoms with Gasteiger partial charge in [0.2, 0.25) is 5.79 Å². The number of aliphatic hydroxyl groups is 3. The standard InChI is InChI=1S/C60H97N3O18/c1-10-75-26-27-77-30-31-78-29-28-76-25-23-62-59(71)80-49-22-20-44(35-52(49)74-9)34-46(61)51-37-48(64)40(4)33-42(6)54(66)55(67)53(65)41(5)32-38(2)16-12-11-13-17-39(3)50(73-8)36-45-21-19-43(7)60(72,81-45)56(68)57(69)63-24-15-14-18-47(63)58(70)79-51/h11-13,16-17,33,38,40-41,43-47,49-52,54-55,66-67,72H,10,14-15,18-32,34-37,61H2,1-9H3,(H,62,71)/b13-11+,16-12+,39-17+,42-33+/t38-,40-,41-,43-,44+,45+,46-,47+,49-,50+,51+,52-,54-,55+,60-/m1/s1. The van der Waals surface area contributed by atoms with Gasteiger partial charge in [-0.15, -0.1) is 0 Å². The number of nitrogens with two attached hydrogens (primary N) is 1. The summed E-state index contributed by atoms with van der Waals surface area (Å²) in [4.78, 5) is 84.9. The van der Waals surface area contributed by atoms with Crippen LogP contribution in [0, 0.1) is 29.6 Å². The molecule has 2 bridgehead atoms. The number of carbonyl (C=O) groups excluding carboxylic acids is 6. The molecule has 0 aromatic rings. The Morgan fingerprint density at radius 1 is 0.802 bits per heavy atom. The third-order valence-electron chi connectivity index (χ3n) is 16.1. The van der Waals surface area contributed by atoms with Gasteiger partial charge >= 0.3 is 12.1 Å². The number of esters is 1. The highest BCUT2D eigenvalue weighted by Gasteiger charge is 2.53. The number of nitrogens with zero attached hydrogens (tertiary/aromatic N) is 1. The topological polar surface area (TPSA) is 287 Å². The third kappa shape index (κ3) is 22.0. The van der Waals surface area contributed by atoms with Crippen LogP contribution in [0.4, 0.5) is 4.79 Å². The summed E-state index contributed by atoms with van der Waals surface area (Å²) in [6, 6.07) is -2.20. The molecule has 81 heavy (non-hydrogen) atoms. The summed E-state index contributed by atoms with van der Waals surface area (Å²) >= 11 is 0. The van der Waals surface area contributed by atoms with Crippen molar-refractivity contribution in [3.05, 3.63) is 47.6 Å². The van der Waals surface area contributed by atoms with Crippen molar-refractivity contribution in [3.8, 4) is 0 Å². The van der Waals surface area contributed by atoms with E-state index in [-0.39, 0.29) is 62.8 Å². The lowest BCUT2D eigenvalue weighted by Crippen LogP contribution is -2.61. The van der Waals surface area contributed by atoms with Crippen LogP contribution in [-0.4, -0.2) is 196 Å². The summed E-state index contributed by atoms with van der Waals surface area (Å²) in [6.07, 6.45) is 7.21. The van der Waals surface area contributed by atoms with Crippen molar-refractivity contribution in [2.45, 2.75) is 186 Å². The van der Waals surface area contributed by atoms with E-state index in [4.69, 9.17) is 48.4 Å². The van der Waals surface area contributed by atoms with Crippen molar-refractivity contribution in [3.63, 3.8) is 0 Å². The Morgan fingerprint density at radius 3 is 2.15 bits per heavy atom. The number of ketones is 3. The number of cyclic esters (lactones) is 1. The summed E-state index contributed by atoms with van der Waals surface area (Å²) in [5.41, 5.74) is 7.99. The predicted molar refractivity (Wildman–Crippen MR) is 300 cm³/mol. The molecule has 0 aromatic carbocycles. The fraction of sp³-hybridized carbons (Fsp3) is 0.767. The Morgan fingerprint density at radius 2 is 1.48 bits per heavy atom. The van der Waals surface area contributed by atoms with E-state index < -0.39 is 114 Å². The predicted octanol–water partition coefficient (Wildman–Crippen LogP) is 5.04. The van der Waals surface area contributed by atoms with Crippen LogP contribution >= 0.6 is 0 Å². The van der Waals surface area contributed by atoms with E-state index in [1.165, 1.54) is 20.1 Å². The molecule has 21 nitrogen and oxygen atoms in total. The van der Waals surface area contributed by atoms with Crippen LogP contribution in [0.5, 0.6) is 0 Å². The molecule has 2 saturated heterocycles. The Labute approximate surface area is 480 Å². The fourth-order valence-corrected chi connectivity index (χ4v) is 11.0. The molecule has 2 amide bonds. The van der Waals surface area contributed by atoms with E-state index in [1.807, 2.05) is 51.2 Å². The van der Waals surface area contributed by atoms with Gasteiger partial charge in [-0.05, 0) is 108 Å². The minimum Gasteiger partial charge on any atom is -0.459 e. The smallest absolute Gasteiger partial charge is 0.407 e. The zero-order chi connectivity index (χ0) is 59.6. The average molecular weight is 1150 g/mol. The molecular weight excluding hydrogens is 1050 g/mol. The minimum atomic E-state index is -2.49. The molecule has 0 aromatic heterocycles. The van der Waals surface area contributed by atoms with Crippen molar-refractivity contribution in [2.24, 2.45) is 35.3 Å². The molecule has 0 unspecified atom stereocenters. The second-order valence-electron chi connectivity index (χ2n) is 22.4. The number of Topliss-reactive ketones (excluding diaryl/α,β-unsaturated/α-hetero) is 3. The maximum Gasteiger partial charge on any atom is 0.407 e. The molecule has 1 saturated carbocycles. The van der Waals surface area contributed by atoms with Gasteiger partial charge in [0.1, 0.15) is 36.2 Å². The summed E-state index contributed by atoms with van der Waals surface area (Å²) in [5, 5.41) is 37.1. The number of aliphatic hydroxyl groups excluding tert-OH is 2. The Balaban J connectivity index is 1.52. The third-order valence-corrected chi connectivity index (χ3v) is 16.1. The van der Waals surface area contributed by atoms with Crippen LogP contribution in [0.2, 0.25) is 0 Å². The molecule has 1 aliphatic carbocycles. The van der Waals surface area contributed by atoms with Crippen molar-refractivity contribution < 1.29 is 86.7 Å². The number of carbonyl (C=O) groups is 6. The number of alkyl carbamates (subject to hydrolysis) is 1. The van der Waals surface area contributed by atoms with Gasteiger partial charge in [0.15, 0.2) is 5.78 Å². The molecule has 0 radical (unpaired) electrons. The zero-order valence-electron chi connectivity index (χ0n) is 49.6. The van der Waals surface area contributed by atoms with Crippen LogP contribution in [-0.2, 0) is 66.6 Å². The van der Waals surface area contributed by atoms with Crippen molar-refractivity contribution in [2.75, 3.05) is 80.2 Å². The normalized spacial score (nSPS) is 34.7. The van der Waals surface area contributed by atoms with Gasteiger partial charge in [-0.3, -0.25) is 19.2 Å². The second kappa shape index (κ2) is 35.8. The monoisotopic (exact) mass is 1150 g/mol. The first-order valence-corrected chi connectivity index (χ1v) is 29.3. The maximum atomic E-state index is 14.5. The van der Waals surface area contributed by atoms with Crippen LogP contribution in [0.15, 0.2) is 47.6 Å². The van der Waals surface area contributed by atoms with Crippen LogP contribution in [0.25, 0.3) is 0 Å². The number of fused-ring (bicyclic) bond motifs is 3.